The second-order valence-electron chi connectivity index (χ2n) is 4.52. The molecule has 2 N–H and O–H groups in total. The van der Waals surface area contributed by atoms with E-state index in [4.69, 9.17) is 21.9 Å². The smallest absolute Gasteiger partial charge is 0.260 e. The Hall–Kier alpha value is -2.33. The standard InChI is InChI=1S/C15H12ClN3O/c1-9-2-4-10(5-3-9)14-18-15(20-19-14)12-8-11(16)6-7-13(12)17/h2-8H,17H2,1H3. The van der Waals surface area contributed by atoms with Gasteiger partial charge in [0.15, 0.2) is 0 Å². The SMILES string of the molecule is Cc1ccc(-c2noc(-c3cc(Cl)ccc3N)n2)cc1. The van der Waals surface area contributed by atoms with E-state index in [0.717, 1.165) is 5.56 Å². The zero-order valence-electron chi connectivity index (χ0n) is 10.8. The maximum atomic E-state index is 5.96. The highest BCUT2D eigenvalue weighted by Gasteiger charge is 2.13. The molecule has 0 unspecified atom stereocenters. The fourth-order valence-corrected chi connectivity index (χ4v) is 2.04. The van der Waals surface area contributed by atoms with Crippen molar-refractivity contribution in [2.24, 2.45) is 0 Å². The Morgan fingerprint density at radius 3 is 2.60 bits per heavy atom. The lowest BCUT2D eigenvalue weighted by atomic mass is 10.1. The van der Waals surface area contributed by atoms with Gasteiger partial charge in [-0.3, -0.25) is 0 Å². The molecular formula is C15H12ClN3O. The molecule has 20 heavy (non-hydrogen) atoms. The average molecular weight is 286 g/mol. The highest BCUT2D eigenvalue weighted by atomic mass is 35.5. The molecule has 0 aliphatic heterocycles. The summed E-state index contributed by atoms with van der Waals surface area (Å²) in [7, 11) is 0. The lowest BCUT2D eigenvalue weighted by Crippen LogP contribution is -1.90. The Kier molecular flexibility index (Phi) is 3.16. The van der Waals surface area contributed by atoms with Crippen molar-refractivity contribution < 1.29 is 4.52 Å². The first-order valence-electron chi connectivity index (χ1n) is 6.09. The second-order valence-corrected chi connectivity index (χ2v) is 4.96. The summed E-state index contributed by atoms with van der Waals surface area (Å²) in [5.41, 5.74) is 9.17. The molecule has 100 valence electrons. The van der Waals surface area contributed by atoms with Gasteiger partial charge in [0.05, 0.1) is 5.56 Å². The molecular weight excluding hydrogens is 274 g/mol. The van der Waals surface area contributed by atoms with Crippen molar-refractivity contribution in [3.05, 3.63) is 53.1 Å². The molecule has 0 bridgehead atoms. The monoisotopic (exact) mass is 285 g/mol. The third kappa shape index (κ3) is 2.38. The first-order chi connectivity index (χ1) is 9.63. The third-order valence-corrected chi connectivity index (χ3v) is 3.22. The predicted octanol–water partition coefficient (Wildman–Crippen LogP) is 3.95. The lowest BCUT2D eigenvalue weighted by Gasteiger charge is -2.00. The van der Waals surface area contributed by atoms with Gasteiger partial charge in [-0.15, -0.1) is 0 Å². The van der Waals surface area contributed by atoms with Crippen molar-refractivity contribution >= 4 is 17.3 Å². The van der Waals surface area contributed by atoms with Crippen LogP contribution in [-0.2, 0) is 0 Å². The quantitative estimate of drug-likeness (QED) is 0.724. The van der Waals surface area contributed by atoms with Gasteiger partial charge in [-0.25, -0.2) is 0 Å². The van der Waals surface area contributed by atoms with E-state index in [0.29, 0.717) is 28.0 Å². The normalized spacial score (nSPS) is 10.7. The number of aromatic nitrogens is 2. The molecule has 3 rings (SSSR count). The fraction of sp³-hybridized carbons (Fsp3) is 0.0667. The minimum absolute atomic E-state index is 0.362. The Balaban J connectivity index is 2.01. The highest BCUT2D eigenvalue weighted by molar-refractivity contribution is 6.31. The van der Waals surface area contributed by atoms with E-state index < -0.39 is 0 Å². The Labute approximate surface area is 121 Å². The van der Waals surface area contributed by atoms with E-state index in [2.05, 4.69) is 10.1 Å². The van der Waals surface area contributed by atoms with E-state index in [1.54, 1.807) is 18.2 Å². The van der Waals surface area contributed by atoms with Crippen molar-refractivity contribution in [1.29, 1.82) is 0 Å². The number of benzene rings is 2. The van der Waals surface area contributed by atoms with Gasteiger partial charge in [-0.1, -0.05) is 46.6 Å². The Morgan fingerprint density at radius 1 is 1.10 bits per heavy atom. The van der Waals surface area contributed by atoms with Gasteiger partial charge in [0, 0.05) is 16.3 Å². The zero-order chi connectivity index (χ0) is 14.1. The number of hydrogen-bond donors (Lipinski definition) is 1. The van der Waals surface area contributed by atoms with Crippen LogP contribution in [-0.4, -0.2) is 10.1 Å². The molecule has 0 amide bonds. The zero-order valence-corrected chi connectivity index (χ0v) is 11.6. The van der Waals surface area contributed by atoms with Crippen LogP contribution in [0.25, 0.3) is 22.8 Å². The van der Waals surface area contributed by atoms with E-state index in [-0.39, 0.29) is 0 Å². The van der Waals surface area contributed by atoms with Crippen LogP contribution in [0.4, 0.5) is 5.69 Å². The first-order valence-corrected chi connectivity index (χ1v) is 6.47. The Morgan fingerprint density at radius 2 is 1.85 bits per heavy atom. The largest absolute Gasteiger partial charge is 0.398 e. The van der Waals surface area contributed by atoms with Crippen molar-refractivity contribution in [1.82, 2.24) is 10.1 Å². The molecule has 0 saturated heterocycles. The van der Waals surface area contributed by atoms with Crippen LogP contribution in [0.1, 0.15) is 5.56 Å². The molecule has 0 atom stereocenters. The summed E-state index contributed by atoms with van der Waals surface area (Å²) < 4.78 is 5.27. The summed E-state index contributed by atoms with van der Waals surface area (Å²) >= 11 is 5.96. The molecule has 3 aromatic rings. The topological polar surface area (TPSA) is 64.9 Å². The van der Waals surface area contributed by atoms with Crippen molar-refractivity contribution in [2.75, 3.05) is 5.73 Å². The molecule has 4 nitrogen and oxygen atoms in total. The van der Waals surface area contributed by atoms with Crippen LogP contribution in [0.15, 0.2) is 47.0 Å². The number of nitrogen functional groups attached to an aromatic ring is 1. The summed E-state index contributed by atoms with van der Waals surface area (Å²) in [5, 5.41) is 4.55. The number of aryl methyl sites for hydroxylation is 1. The fourth-order valence-electron chi connectivity index (χ4n) is 1.87. The minimum Gasteiger partial charge on any atom is -0.398 e. The number of hydrogen-bond acceptors (Lipinski definition) is 4. The number of nitrogens with zero attached hydrogens (tertiary/aromatic N) is 2. The molecule has 0 radical (unpaired) electrons. The Bertz CT molecular complexity index is 750. The van der Waals surface area contributed by atoms with Crippen LogP contribution in [0.3, 0.4) is 0 Å². The van der Waals surface area contributed by atoms with Crippen LogP contribution in [0.5, 0.6) is 0 Å². The maximum Gasteiger partial charge on any atom is 0.260 e. The summed E-state index contributed by atoms with van der Waals surface area (Å²) in [6.07, 6.45) is 0. The van der Waals surface area contributed by atoms with Gasteiger partial charge in [0.1, 0.15) is 0 Å². The molecule has 2 aromatic carbocycles. The molecule has 0 aliphatic rings. The molecule has 1 aromatic heterocycles. The number of halogens is 1. The van der Waals surface area contributed by atoms with Gasteiger partial charge in [0.2, 0.25) is 5.82 Å². The summed E-state index contributed by atoms with van der Waals surface area (Å²) in [4.78, 5) is 4.37. The van der Waals surface area contributed by atoms with Crippen molar-refractivity contribution in [2.45, 2.75) is 6.92 Å². The minimum atomic E-state index is 0.362. The first kappa shape index (κ1) is 12.7. The maximum absolute atomic E-state index is 5.96. The number of rotatable bonds is 2. The number of nitrogens with two attached hydrogens (primary N) is 1. The van der Waals surface area contributed by atoms with E-state index >= 15 is 0 Å². The molecule has 0 aliphatic carbocycles. The van der Waals surface area contributed by atoms with Crippen LogP contribution in [0, 0.1) is 6.92 Å². The number of anilines is 1. The van der Waals surface area contributed by atoms with Gasteiger partial charge in [-0.05, 0) is 25.1 Å². The van der Waals surface area contributed by atoms with E-state index in [1.165, 1.54) is 5.56 Å². The van der Waals surface area contributed by atoms with Crippen molar-refractivity contribution in [3.8, 4) is 22.8 Å². The summed E-state index contributed by atoms with van der Waals surface area (Å²) in [6, 6.07) is 13.0. The van der Waals surface area contributed by atoms with Gasteiger partial charge < -0.3 is 10.3 Å². The van der Waals surface area contributed by atoms with Gasteiger partial charge in [-0.2, -0.15) is 4.98 Å². The predicted molar refractivity (Wildman–Crippen MR) is 79.3 cm³/mol. The van der Waals surface area contributed by atoms with Crippen LogP contribution >= 0.6 is 11.6 Å². The molecule has 0 fully saturated rings. The van der Waals surface area contributed by atoms with Gasteiger partial charge >= 0.3 is 0 Å². The molecule has 5 heteroatoms. The van der Waals surface area contributed by atoms with E-state index in [1.807, 2.05) is 31.2 Å². The lowest BCUT2D eigenvalue weighted by molar-refractivity contribution is 0.432. The summed E-state index contributed by atoms with van der Waals surface area (Å²) in [6.45, 7) is 2.03. The second kappa shape index (κ2) is 4.98. The molecule has 0 saturated carbocycles. The summed E-state index contributed by atoms with van der Waals surface area (Å²) in [5.74, 6) is 0.889. The third-order valence-electron chi connectivity index (χ3n) is 2.98. The van der Waals surface area contributed by atoms with Crippen LogP contribution < -0.4 is 5.73 Å². The van der Waals surface area contributed by atoms with E-state index in [9.17, 15) is 0 Å². The average Bonchev–Trinajstić information content (AvgIpc) is 2.92. The van der Waals surface area contributed by atoms with Crippen molar-refractivity contribution in [3.63, 3.8) is 0 Å². The van der Waals surface area contributed by atoms with Gasteiger partial charge in [0.25, 0.3) is 5.89 Å². The molecule has 0 spiro atoms. The van der Waals surface area contributed by atoms with Crippen LogP contribution in [0.2, 0.25) is 5.02 Å². The molecule has 1 heterocycles. The highest BCUT2D eigenvalue weighted by Crippen LogP contribution is 2.29.